The summed E-state index contributed by atoms with van der Waals surface area (Å²) in [5.74, 6) is 3.12. The monoisotopic (exact) mass is 845 g/mol. The van der Waals surface area contributed by atoms with Gasteiger partial charge in [-0.05, 0) is 158 Å². The van der Waals surface area contributed by atoms with Crippen molar-refractivity contribution in [2.45, 2.75) is 42.9 Å². The minimum atomic E-state index is -0.520. The fraction of sp³-hybridized carbons (Fsp3) is 0.169. The van der Waals surface area contributed by atoms with Gasteiger partial charge in [0.1, 0.15) is 0 Å². The summed E-state index contributed by atoms with van der Waals surface area (Å²) >= 11 is 0. The first kappa shape index (κ1) is 38.1. The van der Waals surface area contributed by atoms with Crippen molar-refractivity contribution >= 4 is 17.1 Å². The number of anilines is 3. The van der Waals surface area contributed by atoms with Crippen LogP contribution in [0.25, 0.3) is 44.5 Å². The third-order valence-corrected chi connectivity index (χ3v) is 16.9. The predicted octanol–water partition coefficient (Wildman–Crippen LogP) is 16.6. The van der Waals surface area contributed by atoms with Gasteiger partial charge in [-0.3, -0.25) is 0 Å². The maximum atomic E-state index is 2.67. The summed E-state index contributed by atoms with van der Waals surface area (Å²) in [5, 5.41) is 0. The first-order valence-corrected chi connectivity index (χ1v) is 24.3. The molecule has 0 aromatic heterocycles. The maximum absolute atomic E-state index is 2.67. The Kier molecular flexibility index (Phi) is 8.45. The van der Waals surface area contributed by atoms with Gasteiger partial charge in [-0.1, -0.05) is 194 Å². The van der Waals surface area contributed by atoms with E-state index in [-0.39, 0.29) is 5.41 Å². The maximum Gasteiger partial charge on any atom is 0.0714 e. The molecule has 1 spiro atoms. The third-order valence-electron chi connectivity index (χ3n) is 16.9. The van der Waals surface area contributed by atoms with Gasteiger partial charge in [0.2, 0.25) is 0 Å². The van der Waals surface area contributed by atoms with Crippen LogP contribution >= 0.6 is 0 Å². The molecule has 0 aliphatic heterocycles. The Morgan fingerprint density at radius 1 is 0.333 bits per heavy atom. The van der Waals surface area contributed by atoms with E-state index in [0.29, 0.717) is 11.8 Å². The smallest absolute Gasteiger partial charge is 0.0714 e. The topological polar surface area (TPSA) is 3.24 Å². The zero-order chi connectivity index (χ0) is 43.4. The van der Waals surface area contributed by atoms with Crippen molar-refractivity contribution < 1.29 is 0 Å². The highest BCUT2D eigenvalue weighted by molar-refractivity contribution is 5.98. The normalized spacial score (nSPS) is 22.1. The minimum absolute atomic E-state index is 0.0462. The second kappa shape index (κ2) is 14.6. The molecule has 4 saturated carbocycles. The van der Waals surface area contributed by atoms with Gasteiger partial charge in [0.15, 0.2) is 0 Å². The zero-order valence-corrected chi connectivity index (χ0v) is 37.2. The Labute approximate surface area is 389 Å². The number of rotatable bonds is 7. The molecular weight excluding hydrogens is 795 g/mol. The second-order valence-electron chi connectivity index (χ2n) is 20.0. The molecule has 316 valence electrons. The van der Waals surface area contributed by atoms with Crippen LogP contribution in [-0.4, -0.2) is 0 Å². The van der Waals surface area contributed by atoms with E-state index in [4.69, 9.17) is 0 Å². The van der Waals surface area contributed by atoms with E-state index in [2.05, 4.69) is 229 Å². The molecule has 66 heavy (non-hydrogen) atoms. The Morgan fingerprint density at radius 3 is 1.39 bits per heavy atom. The van der Waals surface area contributed by atoms with Gasteiger partial charge in [-0.25, -0.2) is 0 Å². The third kappa shape index (κ3) is 5.29. The van der Waals surface area contributed by atoms with Crippen molar-refractivity contribution in [2.75, 3.05) is 4.90 Å². The molecule has 9 aromatic carbocycles. The molecule has 0 heterocycles. The molecule has 4 bridgehead atoms. The molecule has 6 aliphatic carbocycles. The van der Waals surface area contributed by atoms with E-state index in [1.807, 2.05) is 0 Å². The highest BCUT2D eigenvalue weighted by Gasteiger charge is 2.61. The van der Waals surface area contributed by atoms with Crippen molar-refractivity contribution in [3.05, 3.63) is 258 Å². The lowest BCUT2D eigenvalue weighted by atomic mass is 9.43. The molecule has 15 rings (SSSR count). The van der Waals surface area contributed by atoms with Crippen LogP contribution in [0, 0.1) is 23.7 Å². The van der Waals surface area contributed by atoms with Crippen LogP contribution in [0.1, 0.15) is 65.5 Å². The van der Waals surface area contributed by atoms with Gasteiger partial charge in [0.05, 0.1) is 11.1 Å². The fourth-order valence-electron chi connectivity index (χ4n) is 14.8. The highest BCUT2D eigenvalue weighted by atomic mass is 15.1. The van der Waals surface area contributed by atoms with Crippen LogP contribution in [0.4, 0.5) is 17.1 Å². The van der Waals surface area contributed by atoms with Crippen LogP contribution in [0.15, 0.2) is 224 Å². The van der Waals surface area contributed by atoms with Gasteiger partial charge in [-0.2, -0.15) is 0 Å². The van der Waals surface area contributed by atoms with E-state index in [0.717, 1.165) is 17.5 Å². The summed E-state index contributed by atoms with van der Waals surface area (Å²) in [7, 11) is 0. The molecule has 0 unspecified atom stereocenters. The largest absolute Gasteiger partial charge is 0.310 e. The molecule has 6 aliphatic rings. The second-order valence-corrected chi connectivity index (χ2v) is 20.0. The van der Waals surface area contributed by atoms with Gasteiger partial charge in [0.25, 0.3) is 0 Å². The Bertz CT molecular complexity index is 3250. The molecule has 0 radical (unpaired) electrons. The van der Waals surface area contributed by atoms with Crippen LogP contribution in [-0.2, 0) is 10.8 Å². The number of benzene rings is 9. The van der Waals surface area contributed by atoms with E-state index in [1.54, 1.807) is 11.1 Å². The van der Waals surface area contributed by atoms with E-state index < -0.39 is 5.41 Å². The van der Waals surface area contributed by atoms with Crippen LogP contribution < -0.4 is 4.90 Å². The van der Waals surface area contributed by atoms with Crippen molar-refractivity contribution in [2.24, 2.45) is 23.7 Å². The highest BCUT2D eigenvalue weighted by Crippen LogP contribution is 2.70. The molecule has 0 atom stereocenters. The number of hydrogen-bond acceptors (Lipinski definition) is 1. The molecular formula is C65H51N. The first-order valence-electron chi connectivity index (χ1n) is 24.3. The lowest BCUT2D eigenvalue weighted by Crippen LogP contribution is -2.55. The average molecular weight is 846 g/mol. The van der Waals surface area contributed by atoms with Crippen LogP contribution in [0.5, 0.6) is 0 Å². The average Bonchev–Trinajstić information content (AvgIpc) is 3.84. The standard InChI is InChI=1S/C65H51N/c1-5-18-45(19-6-1)53-28-17-31-62(63(53)46-20-7-2-8-21-46)66(52-33-35-57-55-27-14-16-30-59(55)65(61(57)42-52)49-37-43-36-44(39-49)40-50(65)38-43)51-32-34-56-54-26-13-15-29-58(54)64(60(56)41-51,47-22-9-3-10-23-47)48-24-11-4-12-25-48/h1-35,41-44,49-50H,36-40H2. The lowest BCUT2D eigenvalue weighted by molar-refractivity contribution is -0.0399. The Balaban J connectivity index is 1.07. The number of nitrogens with zero attached hydrogens (tertiary/aromatic N) is 1. The first-order chi connectivity index (χ1) is 32.7. The SMILES string of the molecule is c1ccc(-c2cccc(N(c3ccc4c(c3)C(c3ccccc3)(c3ccccc3)c3ccccc3-4)c3ccc4c(c3)C3(c5ccccc5-4)C4CC5CC(C4)CC3C5)c2-c2ccccc2)cc1. The molecule has 0 saturated heterocycles. The summed E-state index contributed by atoms with van der Waals surface area (Å²) < 4.78 is 0. The molecule has 0 N–H and O–H groups in total. The summed E-state index contributed by atoms with van der Waals surface area (Å²) in [5.41, 5.74) is 21.8. The van der Waals surface area contributed by atoms with Crippen LogP contribution in [0.2, 0.25) is 0 Å². The van der Waals surface area contributed by atoms with Crippen molar-refractivity contribution in [3.63, 3.8) is 0 Å². The predicted molar refractivity (Wildman–Crippen MR) is 273 cm³/mol. The molecule has 4 fully saturated rings. The van der Waals surface area contributed by atoms with Gasteiger partial charge in [0, 0.05) is 22.4 Å². The van der Waals surface area contributed by atoms with Crippen molar-refractivity contribution in [1.82, 2.24) is 0 Å². The van der Waals surface area contributed by atoms with Gasteiger partial charge >= 0.3 is 0 Å². The van der Waals surface area contributed by atoms with Gasteiger partial charge in [-0.15, -0.1) is 0 Å². The van der Waals surface area contributed by atoms with Gasteiger partial charge < -0.3 is 4.90 Å². The van der Waals surface area contributed by atoms with E-state index in [9.17, 15) is 0 Å². The summed E-state index contributed by atoms with van der Waals surface area (Å²) in [6.45, 7) is 0. The molecule has 9 aromatic rings. The Morgan fingerprint density at radius 2 is 0.788 bits per heavy atom. The zero-order valence-electron chi connectivity index (χ0n) is 37.2. The summed E-state index contributed by atoms with van der Waals surface area (Å²) in [6.07, 6.45) is 6.88. The fourth-order valence-corrected chi connectivity index (χ4v) is 14.8. The number of fused-ring (bicyclic) bond motifs is 6. The molecule has 0 amide bonds. The Hall–Kier alpha value is -7.22. The van der Waals surface area contributed by atoms with E-state index >= 15 is 0 Å². The van der Waals surface area contributed by atoms with Crippen molar-refractivity contribution in [3.8, 4) is 44.5 Å². The summed E-state index contributed by atoms with van der Waals surface area (Å²) in [6, 6.07) is 85.2. The van der Waals surface area contributed by atoms with Crippen LogP contribution in [0.3, 0.4) is 0 Å². The van der Waals surface area contributed by atoms with Crippen molar-refractivity contribution in [1.29, 1.82) is 0 Å². The number of hydrogen-bond donors (Lipinski definition) is 0. The lowest BCUT2D eigenvalue weighted by Gasteiger charge is -2.61. The van der Waals surface area contributed by atoms with E-state index in [1.165, 1.54) is 110 Å². The quantitative estimate of drug-likeness (QED) is 0.154. The molecule has 1 heteroatoms. The molecule has 1 nitrogen and oxygen atoms in total. The minimum Gasteiger partial charge on any atom is -0.310 e. The summed E-state index contributed by atoms with van der Waals surface area (Å²) in [4.78, 5) is 2.63.